The van der Waals surface area contributed by atoms with Crippen LogP contribution in [0.2, 0.25) is 0 Å². The molecule has 0 aliphatic heterocycles. The van der Waals surface area contributed by atoms with Crippen LogP contribution in [0, 0.1) is 0 Å². The lowest BCUT2D eigenvalue weighted by molar-refractivity contribution is 0.101. The van der Waals surface area contributed by atoms with Crippen molar-refractivity contribution in [3.8, 4) is 0 Å². The van der Waals surface area contributed by atoms with Crippen molar-refractivity contribution in [1.29, 1.82) is 0 Å². The van der Waals surface area contributed by atoms with E-state index >= 15 is 0 Å². The van der Waals surface area contributed by atoms with Crippen molar-refractivity contribution >= 4 is 23.3 Å². The zero-order valence-corrected chi connectivity index (χ0v) is 9.64. The average molecular weight is 245 g/mol. The summed E-state index contributed by atoms with van der Waals surface area (Å²) in [6, 6.07) is 7.74. The van der Waals surface area contributed by atoms with Gasteiger partial charge in [-0.15, -0.1) is 0 Å². The fourth-order valence-electron chi connectivity index (χ4n) is 1.37. The zero-order chi connectivity index (χ0) is 13.0. The molecule has 0 bridgehead atoms. The number of anilines is 2. The van der Waals surface area contributed by atoms with Gasteiger partial charge in [-0.25, -0.2) is 4.79 Å². The molecule has 0 fully saturated rings. The van der Waals surface area contributed by atoms with Crippen LogP contribution < -0.4 is 10.6 Å². The lowest BCUT2D eigenvalue weighted by Gasteiger charge is -2.06. The number of hydrogen-bond acceptors (Lipinski definition) is 4. The molecule has 0 aliphatic rings. The van der Waals surface area contributed by atoms with Gasteiger partial charge in [-0.05, 0) is 19.1 Å². The summed E-state index contributed by atoms with van der Waals surface area (Å²) in [6.07, 6.45) is 1.35. The van der Waals surface area contributed by atoms with E-state index in [4.69, 9.17) is 0 Å². The van der Waals surface area contributed by atoms with Crippen LogP contribution in [-0.2, 0) is 0 Å². The predicted octanol–water partition coefficient (Wildman–Crippen LogP) is 2.52. The Labute approximate surface area is 103 Å². The summed E-state index contributed by atoms with van der Waals surface area (Å²) in [5.41, 5.74) is 1.07. The molecule has 1 heterocycles. The maximum absolute atomic E-state index is 11.6. The predicted molar refractivity (Wildman–Crippen MR) is 65.6 cm³/mol. The number of rotatable bonds is 3. The van der Waals surface area contributed by atoms with Gasteiger partial charge >= 0.3 is 6.03 Å². The number of Topliss-reactive ketones (excluding diaryl/α,β-unsaturated/α-hetero) is 1. The Morgan fingerprint density at radius 2 is 2.06 bits per heavy atom. The molecule has 2 aromatic rings. The molecule has 92 valence electrons. The Morgan fingerprint density at radius 3 is 2.72 bits per heavy atom. The maximum Gasteiger partial charge on any atom is 0.324 e. The summed E-state index contributed by atoms with van der Waals surface area (Å²) >= 11 is 0. The third-order valence-corrected chi connectivity index (χ3v) is 2.21. The normalized spacial score (nSPS) is 9.83. The lowest BCUT2D eigenvalue weighted by Crippen LogP contribution is -2.19. The molecule has 0 spiro atoms. The van der Waals surface area contributed by atoms with Crippen molar-refractivity contribution in [2.75, 3.05) is 10.6 Å². The molecule has 2 N–H and O–H groups in total. The van der Waals surface area contributed by atoms with Crippen LogP contribution in [0.4, 0.5) is 16.3 Å². The lowest BCUT2D eigenvalue weighted by atomic mass is 10.1. The fourth-order valence-corrected chi connectivity index (χ4v) is 1.37. The highest BCUT2D eigenvalue weighted by Crippen LogP contribution is 2.11. The van der Waals surface area contributed by atoms with E-state index in [1.165, 1.54) is 19.3 Å². The van der Waals surface area contributed by atoms with Crippen LogP contribution >= 0.6 is 0 Å². The molecule has 18 heavy (non-hydrogen) atoms. The second-order valence-corrected chi connectivity index (χ2v) is 3.60. The van der Waals surface area contributed by atoms with Crippen molar-refractivity contribution in [3.63, 3.8) is 0 Å². The van der Waals surface area contributed by atoms with Gasteiger partial charge in [-0.3, -0.25) is 10.1 Å². The number of hydrogen-bond donors (Lipinski definition) is 2. The van der Waals surface area contributed by atoms with Crippen LogP contribution in [0.25, 0.3) is 0 Å². The number of nitrogens with one attached hydrogen (secondary N) is 2. The van der Waals surface area contributed by atoms with Crippen molar-refractivity contribution in [1.82, 2.24) is 5.16 Å². The molecule has 0 saturated heterocycles. The monoisotopic (exact) mass is 245 g/mol. The maximum atomic E-state index is 11.6. The van der Waals surface area contributed by atoms with Crippen LogP contribution in [0.3, 0.4) is 0 Å². The highest BCUT2D eigenvalue weighted by molar-refractivity contribution is 6.00. The number of ketones is 1. The van der Waals surface area contributed by atoms with Crippen LogP contribution in [-0.4, -0.2) is 17.0 Å². The van der Waals surface area contributed by atoms with Gasteiger partial charge in [0.2, 0.25) is 0 Å². The van der Waals surface area contributed by atoms with E-state index < -0.39 is 6.03 Å². The molecule has 0 unspecified atom stereocenters. The Balaban J connectivity index is 2.03. The van der Waals surface area contributed by atoms with Gasteiger partial charge in [0.15, 0.2) is 11.6 Å². The number of benzene rings is 1. The van der Waals surface area contributed by atoms with Crippen molar-refractivity contribution in [3.05, 3.63) is 42.2 Å². The second kappa shape index (κ2) is 5.13. The summed E-state index contributed by atoms with van der Waals surface area (Å²) in [5.74, 6) is 0.255. The molecular formula is C12H11N3O3. The zero-order valence-electron chi connectivity index (χ0n) is 9.64. The number of carbonyl (C=O) groups is 2. The van der Waals surface area contributed by atoms with Crippen molar-refractivity contribution < 1.29 is 14.1 Å². The summed E-state index contributed by atoms with van der Waals surface area (Å²) in [4.78, 5) is 22.8. The van der Waals surface area contributed by atoms with Gasteiger partial charge < -0.3 is 9.84 Å². The Hall–Kier alpha value is -2.63. The Morgan fingerprint density at radius 1 is 1.22 bits per heavy atom. The molecule has 6 heteroatoms. The van der Waals surface area contributed by atoms with E-state index in [2.05, 4.69) is 20.3 Å². The van der Waals surface area contributed by atoms with E-state index in [1.54, 1.807) is 24.3 Å². The number of nitrogens with zero attached hydrogens (tertiary/aromatic N) is 1. The molecular weight excluding hydrogens is 234 g/mol. The minimum atomic E-state index is -0.454. The Bertz CT molecular complexity index is 564. The first kappa shape index (κ1) is 11.8. The summed E-state index contributed by atoms with van der Waals surface area (Å²) in [6.45, 7) is 1.47. The Kier molecular flexibility index (Phi) is 3.38. The van der Waals surface area contributed by atoms with E-state index in [0.717, 1.165) is 0 Å². The quantitative estimate of drug-likeness (QED) is 0.814. The van der Waals surface area contributed by atoms with Gasteiger partial charge in [-0.1, -0.05) is 17.3 Å². The summed E-state index contributed by atoms with van der Waals surface area (Å²) in [7, 11) is 0. The third kappa shape index (κ3) is 2.94. The first-order valence-electron chi connectivity index (χ1n) is 5.24. The number of carbonyl (C=O) groups excluding carboxylic acids is 2. The second-order valence-electron chi connectivity index (χ2n) is 3.60. The van der Waals surface area contributed by atoms with Crippen LogP contribution in [0.15, 0.2) is 41.1 Å². The molecule has 0 atom stereocenters. The van der Waals surface area contributed by atoms with Crippen LogP contribution in [0.5, 0.6) is 0 Å². The van der Waals surface area contributed by atoms with E-state index in [1.807, 2.05) is 0 Å². The first-order valence-corrected chi connectivity index (χ1v) is 5.24. The number of urea groups is 1. The van der Waals surface area contributed by atoms with Crippen LogP contribution in [0.1, 0.15) is 17.3 Å². The fraction of sp³-hybridized carbons (Fsp3) is 0.0833. The molecule has 2 rings (SSSR count). The number of amides is 2. The summed E-state index contributed by atoms with van der Waals surface area (Å²) < 4.78 is 4.58. The molecule has 6 nitrogen and oxygen atoms in total. The largest absolute Gasteiger partial charge is 0.363 e. The van der Waals surface area contributed by atoms with Gasteiger partial charge in [0.1, 0.15) is 6.26 Å². The van der Waals surface area contributed by atoms with Crippen molar-refractivity contribution in [2.45, 2.75) is 6.92 Å². The molecule has 2 amide bonds. The standard InChI is InChI=1S/C12H11N3O3/c1-8(16)9-3-2-4-10(7-9)13-12(17)14-11-5-6-18-15-11/h2-7H,1H3,(H2,13,14,15,17). The SMILES string of the molecule is CC(=O)c1cccc(NC(=O)Nc2ccon2)c1. The molecule has 0 radical (unpaired) electrons. The minimum absolute atomic E-state index is 0.0597. The topological polar surface area (TPSA) is 84.2 Å². The highest BCUT2D eigenvalue weighted by Gasteiger charge is 2.06. The smallest absolute Gasteiger partial charge is 0.324 e. The van der Waals surface area contributed by atoms with E-state index in [-0.39, 0.29) is 5.78 Å². The van der Waals surface area contributed by atoms with Gasteiger partial charge in [0.05, 0.1) is 0 Å². The summed E-state index contributed by atoms with van der Waals surface area (Å²) in [5, 5.41) is 8.61. The van der Waals surface area contributed by atoms with Gasteiger partial charge in [-0.2, -0.15) is 0 Å². The average Bonchev–Trinajstić information content (AvgIpc) is 2.82. The third-order valence-electron chi connectivity index (χ3n) is 2.21. The van der Waals surface area contributed by atoms with E-state index in [0.29, 0.717) is 17.1 Å². The first-order chi connectivity index (χ1) is 8.65. The van der Waals surface area contributed by atoms with E-state index in [9.17, 15) is 9.59 Å². The molecule has 0 aliphatic carbocycles. The van der Waals surface area contributed by atoms with Gasteiger partial charge in [0, 0.05) is 17.3 Å². The molecule has 0 saturated carbocycles. The number of aromatic nitrogens is 1. The molecule has 1 aromatic carbocycles. The molecule has 1 aromatic heterocycles. The minimum Gasteiger partial charge on any atom is -0.363 e. The van der Waals surface area contributed by atoms with Gasteiger partial charge in [0.25, 0.3) is 0 Å². The highest BCUT2D eigenvalue weighted by atomic mass is 16.5. The van der Waals surface area contributed by atoms with Crippen molar-refractivity contribution in [2.24, 2.45) is 0 Å².